The van der Waals surface area contributed by atoms with E-state index in [1.54, 1.807) is 26.0 Å². The molecule has 8 heteroatoms. The summed E-state index contributed by atoms with van der Waals surface area (Å²) in [7, 11) is -3.78. The highest BCUT2D eigenvalue weighted by atomic mass is 32.2. The lowest BCUT2D eigenvalue weighted by Crippen LogP contribution is -2.13. The van der Waals surface area contributed by atoms with E-state index in [4.69, 9.17) is 0 Å². The maximum Gasteiger partial charge on any atom is 0.263 e. The van der Waals surface area contributed by atoms with Gasteiger partial charge >= 0.3 is 0 Å². The molecule has 0 radical (unpaired) electrons. The maximum absolute atomic E-state index is 13.6. The largest absolute Gasteiger partial charge is 0.279 e. The summed E-state index contributed by atoms with van der Waals surface area (Å²) in [4.78, 5) is 6.04. The van der Waals surface area contributed by atoms with Crippen LogP contribution in [0.1, 0.15) is 15.4 Å². The molecular weight excluding hydrogens is 367 g/mol. The minimum absolute atomic E-state index is 0.189. The summed E-state index contributed by atoms with van der Waals surface area (Å²) in [6.07, 6.45) is 0. The molecule has 0 aliphatic carbocycles. The third-order valence-corrected chi connectivity index (χ3v) is 6.94. The van der Waals surface area contributed by atoms with Crippen molar-refractivity contribution in [2.24, 2.45) is 0 Å². The fraction of sp³-hybridized carbons (Fsp3) is 0.188. The summed E-state index contributed by atoms with van der Waals surface area (Å²) in [5, 5.41) is 2.83. The van der Waals surface area contributed by atoms with Crippen molar-refractivity contribution in [1.29, 1.82) is 0 Å². The molecule has 0 saturated heterocycles. The average Bonchev–Trinajstić information content (AvgIpc) is 3.09. The molecule has 2 aromatic heterocycles. The van der Waals surface area contributed by atoms with E-state index in [2.05, 4.69) is 9.71 Å². The zero-order valence-electron chi connectivity index (χ0n) is 13.3. The quantitative estimate of drug-likeness (QED) is 0.709. The van der Waals surface area contributed by atoms with E-state index in [1.807, 2.05) is 12.3 Å². The zero-order valence-corrected chi connectivity index (χ0v) is 15.7. The lowest BCUT2D eigenvalue weighted by molar-refractivity contribution is 0.601. The number of rotatable bonds is 4. The Morgan fingerprint density at radius 1 is 1.17 bits per heavy atom. The molecule has 0 fully saturated rings. The number of thiazole rings is 1. The number of halogens is 1. The van der Waals surface area contributed by atoms with Gasteiger partial charge in [-0.15, -0.1) is 22.7 Å². The van der Waals surface area contributed by atoms with Gasteiger partial charge in [0.2, 0.25) is 0 Å². The summed E-state index contributed by atoms with van der Waals surface area (Å²) in [6.45, 7) is 5.27. The SMILES string of the molecule is Cc1nc(-c2cc(S(=O)(=O)Nc3ccc(C)c(F)c3)c(C)s2)cs1. The second-order valence-electron chi connectivity index (χ2n) is 5.35. The zero-order chi connectivity index (χ0) is 17.5. The van der Waals surface area contributed by atoms with E-state index in [9.17, 15) is 12.8 Å². The van der Waals surface area contributed by atoms with Crippen LogP contribution < -0.4 is 4.72 Å². The molecule has 0 bridgehead atoms. The van der Waals surface area contributed by atoms with Gasteiger partial charge in [-0.1, -0.05) is 6.07 Å². The molecule has 0 atom stereocenters. The molecule has 4 nitrogen and oxygen atoms in total. The van der Waals surface area contributed by atoms with Crippen LogP contribution in [0.2, 0.25) is 0 Å². The summed E-state index contributed by atoms with van der Waals surface area (Å²) >= 11 is 2.89. The van der Waals surface area contributed by atoms with E-state index in [-0.39, 0.29) is 10.6 Å². The van der Waals surface area contributed by atoms with Crippen molar-refractivity contribution in [2.45, 2.75) is 25.7 Å². The molecule has 0 unspecified atom stereocenters. The predicted molar refractivity (Wildman–Crippen MR) is 96.8 cm³/mol. The second kappa shape index (κ2) is 6.27. The fourth-order valence-corrected chi connectivity index (χ4v) is 5.49. The van der Waals surface area contributed by atoms with Gasteiger partial charge in [-0.3, -0.25) is 4.72 Å². The Hall–Kier alpha value is -1.77. The van der Waals surface area contributed by atoms with E-state index in [0.29, 0.717) is 10.4 Å². The second-order valence-corrected chi connectivity index (χ2v) is 9.32. The van der Waals surface area contributed by atoms with E-state index in [0.717, 1.165) is 15.6 Å². The van der Waals surface area contributed by atoms with Gasteiger partial charge in [-0.05, 0) is 44.5 Å². The molecule has 3 rings (SSSR count). The van der Waals surface area contributed by atoms with Gasteiger partial charge in [-0.25, -0.2) is 17.8 Å². The highest BCUT2D eigenvalue weighted by molar-refractivity contribution is 7.93. The first-order chi connectivity index (χ1) is 11.3. The van der Waals surface area contributed by atoms with Crippen LogP contribution >= 0.6 is 22.7 Å². The van der Waals surface area contributed by atoms with Crippen LogP contribution in [-0.2, 0) is 10.0 Å². The highest BCUT2D eigenvalue weighted by Gasteiger charge is 2.21. The maximum atomic E-state index is 13.6. The third-order valence-electron chi connectivity index (χ3n) is 3.46. The molecule has 0 spiro atoms. The van der Waals surface area contributed by atoms with Crippen molar-refractivity contribution in [3.05, 3.63) is 50.9 Å². The van der Waals surface area contributed by atoms with Gasteiger partial charge in [0, 0.05) is 10.3 Å². The molecule has 1 aromatic carbocycles. The Morgan fingerprint density at radius 3 is 2.54 bits per heavy atom. The average molecular weight is 383 g/mol. The van der Waals surface area contributed by atoms with Crippen molar-refractivity contribution in [1.82, 2.24) is 4.98 Å². The number of sulfonamides is 1. The predicted octanol–water partition coefficient (Wildman–Crippen LogP) is 4.74. The van der Waals surface area contributed by atoms with Crippen LogP contribution in [0.5, 0.6) is 0 Å². The van der Waals surface area contributed by atoms with Gasteiger partial charge < -0.3 is 0 Å². The fourth-order valence-electron chi connectivity index (χ4n) is 2.20. The highest BCUT2D eigenvalue weighted by Crippen LogP contribution is 2.34. The smallest absolute Gasteiger partial charge is 0.263 e. The molecule has 0 amide bonds. The first-order valence-corrected chi connectivity index (χ1v) is 10.3. The molecule has 1 N–H and O–H groups in total. The Kier molecular flexibility index (Phi) is 4.46. The molecule has 0 aliphatic heterocycles. The Morgan fingerprint density at radius 2 is 1.92 bits per heavy atom. The van der Waals surface area contributed by atoms with Gasteiger partial charge in [-0.2, -0.15) is 0 Å². The number of thiophene rings is 1. The molecule has 24 heavy (non-hydrogen) atoms. The monoisotopic (exact) mass is 382 g/mol. The van der Waals surface area contributed by atoms with Crippen molar-refractivity contribution < 1.29 is 12.8 Å². The van der Waals surface area contributed by atoms with Gasteiger partial charge in [0.15, 0.2) is 0 Å². The number of nitrogens with zero attached hydrogens (tertiary/aromatic N) is 1. The normalized spacial score (nSPS) is 11.7. The number of aromatic nitrogens is 1. The first-order valence-electron chi connectivity index (χ1n) is 7.08. The summed E-state index contributed by atoms with van der Waals surface area (Å²) in [6, 6.07) is 5.88. The Bertz CT molecular complexity index is 1010. The molecule has 3 aromatic rings. The minimum Gasteiger partial charge on any atom is -0.279 e. The molecular formula is C16H15FN2O2S3. The van der Waals surface area contributed by atoms with Crippen LogP contribution in [0.4, 0.5) is 10.1 Å². The molecule has 0 aliphatic rings. The Balaban J connectivity index is 1.95. The first kappa shape index (κ1) is 17.1. The minimum atomic E-state index is -3.78. The van der Waals surface area contributed by atoms with Crippen LogP contribution in [-0.4, -0.2) is 13.4 Å². The van der Waals surface area contributed by atoms with E-state index < -0.39 is 15.8 Å². The molecule has 126 valence electrons. The van der Waals surface area contributed by atoms with E-state index >= 15 is 0 Å². The van der Waals surface area contributed by atoms with E-state index in [1.165, 1.54) is 34.8 Å². The number of benzene rings is 1. The van der Waals surface area contributed by atoms with Crippen molar-refractivity contribution in [3.8, 4) is 10.6 Å². The number of aryl methyl sites for hydroxylation is 3. The van der Waals surface area contributed by atoms with Crippen molar-refractivity contribution in [3.63, 3.8) is 0 Å². The van der Waals surface area contributed by atoms with Crippen molar-refractivity contribution in [2.75, 3.05) is 4.72 Å². The topological polar surface area (TPSA) is 59.1 Å². The Labute approximate surface area is 148 Å². The van der Waals surface area contributed by atoms with Crippen LogP contribution in [0.25, 0.3) is 10.6 Å². The number of anilines is 1. The summed E-state index contributed by atoms with van der Waals surface area (Å²) in [5.41, 5.74) is 1.44. The molecule has 2 heterocycles. The lowest BCUT2D eigenvalue weighted by Gasteiger charge is -2.08. The van der Waals surface area contributed by atoms with Gasteiger partial charge in [0.1, 0.15) is 10.7 Å². The van der Waals surface area contributed by atoms with Gasteiger partial charge in [0.05, 0.1) is 21.3 Å². The van der Waals surface area contributed by atoms with Gasteiger partial charge in [0.25, 0.3) is 10.0 Å². The number of hydrogen-bond acceptors (Lipinski definition) is 5. The number of hydrogen-bond donors (Lipinski definition) is 1. The van der Waals surface area contributed by atoms with Crippen LogP contribution in [0.3, 0.4) is 0 Å². The lowest BCUT2D eigenvalue weighted by atomic mass is 10.2. The standard InChI is InChI=1S/C16H15FN2O2S3/c1-9-4-5-12(6-13(9)17)19-24(20,21)16-7-15(23-10(16)2)14-8-22-11(3)18-14/h4-8,19H,1-3H3. The van der Waals surface area contributed by atoms with Crippen LogP contribution in [0.15, 0.2) is 34.5 Å². The summed E-state index contributed by atoms with van der Waals surface area (Å²) in [5.74, 6) is -0.448. The third kappa shape index (κ3) is 3.35. The summed E-state index contributed by atoms with van der Waals surface area (Å²) < 4.78 is 41.3. The molecule has 0 saturated carbocycles. The van der Waals surface area contributed by atoms with Crippen LogP contribution in [0, 0.1) is 26.6 Å². The number of nitrogens with one attached hydrogen (secondary N) is 1. The van der Waals surface area contributed by atoms with Crippen molar-refractivity contribution >= 4 is 38.4 Å².